The van der Waals surface area contributed by atoms with Crippen LogP contribution in [0.5, 0.6) is 5.75 Å². The van der Waals surface area contributed by atoms with E-state index in [1.54, 1.807) is 6.07 Å². The van der Waals surface area contributed by atoms with Crippen LogP contribution in [0.4, 0.5) is 5.69 Å². The van der Waals surface area contributed by atoms with Gasteiger partial charge in [-0.1, -0.05) is 0 Å². The fourth-order valence-corrected chi connectivity index (χ4v) is 1.03. The van der Waals surface area contributed by atoms with Crippen LogP contribution >= 0.6 is 0 Å². The lowest BCUT2D eigenvalue weighted by Crippen LogP contribution is -2.13. The maximum atomic E-state index is 10.8. The van der Waals surface area contributed by atoms with E-state index >= 15 is 0 Å². The van der Waals surface area contributed by atoms with Gasteiger partial charge in [0.15, 0.2) is 0 Å². The first kappa shape index (κ1) is 11.3. The van der Waals surface area contributed by atoms with Crippen LogP contribution in [-0.2, 0) is 4.84 Å². The summed E-state index contributed by atoms with van der Waals surface area (Å²) in [6, 6.07) is 4.57. The lowest BCUT2D eigenvalue weighted by atomic mass is 10.2. The van der Waals surface area contributed by atoms with E-state index in [9.17, 15) is 4.79 Å². The Labute approximate surface area is 86.9 Å². The second kappa shape index (κ2) is 5.18. The molecule has 0 spiro atoms. The first-order valence-corrected chi connectivity index (χ1v) is 4.29. The number of hydrogen-bond acceptors (Lipinski definition) is 5. The zero-order valence-electron chi connectivity index (χ0n) is 8.10. The first-order chi connectivity index (χ1) is 7.15. The number of amides is 1. The molecule has 15 heavy (non-hydrogen) atoms. The Morgan fingerprint density at radius 3 is 2.60 bits per heavy atom. The topological polar surface area (TPSA) is 114 Å². The van der Waals surface area contributed by atoms with Gasteiger partial charge in [0.25, 0.3) is 0 Å². The molecule has 0 aliphatic carbocycles. The van der Waals surface area contributed by atoms with Crippen LogP contribution in [0, 0.1) is 0 Å². The Morgan fingerprint density at radius 2 is 2.07 bits per heavy atom. The summed E-state index contributed by atoms with van der Waals surface area (Å²) in [7, 11) is 0. The van der Waals surface area contributed by atoms with Gasteiger partial charge >= 0.3 is 0 Å². The summed E-state index contributed by atoms with van der Waals surface area (Å²) in [4.78, 5) is 15.1. The predicted molar refractivity (Wildman–Crippen MR) is 55.0 cm³/mol. The van der Waals surface area contributed by atoms with Gasteiger partial charge < -0.3 is 21.0 Å². The molecule has 0 aliphatic rings. The van der Waals surface area contributed by atoms with E-state index in [2.05, 4.69) is 4.84 Å². The van der Waals surface area contributed by atoms with E-state index in [-0.39, 0.29) is 13.2 Å². The van der Waals surface area contributed by atoms with Gasteiger partial charge in [0, 0.05) is 5.56 Å². The van der Waals surface area contributed by atoms with Crippen LogP contribution in [0.1, 0.15) is 10.4 Å². The minimum Gasteiger partial charge on any atom is -0.489 e. The molecule has 0 heterocycles. The Hall–Kier alpha value is -1.79. The first-order valence-electron chi connectivity index (χ1n) is 4.29. The normalized spacial score (nSPS) is 9.93. The highest BCUT2D eigenvalue weighted by Crippen LogP contribution is 2.22. The van der Waals surface area contributed by atoms with Crippen molar-refractivity contribution in [3.05, 3.63) is 23.8 Å². The van der Waals surface area contributed by atoms with Crippen molar-refractivity contribution in [2.45, 2.75) is 0 Å². The Balaban J connectivity index is 2.70. The molecular weight excluding hydrogens is 198 g/mol. The van der Waals surface area contributed by atoms with Crippen LogP contribution in [-0.4, -0.2) is 19.1 Å². The summed E-state index contributed by atoms with van der Waals surface area (Å²) >= 11 is 0. The molecule has 0 saturated heterocycles. The standard InChI is InChI=1S/C9H13N3O3/c10-7-5-6(9(11)13)1-2-8(7)14-3-4-15-12/h1-2,5H,3-4,10,12H2,(H2,11,13). The summed E-state index contributed by atoms with van der Waals surface area (Å²) in [5, 5.41) is 0. The number of rotatable bonds is 5. The molecular formula is C9H13N3O3. The van der Waals surface area contributed by atoms with Gasteiger partial charge in [-0.3, -0.25) is 4.79 Å². The lowest BCUT2D eigenvalue weighted by Gasteiger charge is -2.08. The molecule has 0 fully saturated rings. The highest BCUT2D eigenvalue weighted by molar-refractivity contribution is 5.94. The SMILES string of the molecule is NOCCOc1ccc(C(N)=O)cc1N. The Kier molecular flexibility index (Phi) is 3.90. The lowest BCUT2D eigenvalue weighted by molar-refractivity contribution is 0.0998. The minimum absolute atomic E-state index is 0.261. The summed E-state index contributed by atoms with van der Waals surface area (Å²) in [5.74, 6) is 4.76. The second-order valence-corrected chi connectivity index (χ2v) is 2.84. The molecule has 6 heteroatoms. The molecule has 1 aromatic carbocycles. The van der Waals surface area contributed by atoms with E-state index in [1.807, 2.05) is 0 Å². The van der Waals surface area contributed by atoms with Crippen LogP contribution in [0.2, 0.25) is 0 Å². The van der Waals surface area contributed by atoms with Crippen molar-refractivity contribution in [3.63, 3.8) is 0 Å². The molecule has 0 unspecified atom stereocenters. The summed E-state index contributed by atoms with van der Waals surface area (Å²) in [6.45, 7) is 0.549. The number of hydrogen-bond donors (Lipinski definition) is 3. The molecule has 0 aliphatic heterocycles. The average molecular weight is 211 g/mol. The quantitative estimate of drug-likeness (QED) is 0.349. The summed E-state index contributed by atoms with van der Waals surface area (Å²) in [5.41, 5.74) is 11.4. The number of ether oxygens (including phenoxy) is 1. The molecule has 0 atom stereocenters. The maximum absolute atomic E-state index is 10.8. The average Bonchev–Trinajstić information content (AvgIpc) is 2.20. The van der Waals surface area contributed by atoms with Crippen LogP contribution in [0.3, 0.4) is 0 Å². The van der Waals surface area contributed by atoms with Gasteiger partial charge in [-0.25, -0.2) is 5.90 Å². The van der Waals surface area contributed by atoms with Gasteiger partial charge in [-0.05, 0) is 18.2 Å². The highest BCUT2D eigenvalue weighted by atomic mass is 16.6. The number of nitrogens with two attached hydrogens (primary N) is 3. The van der Waals surface area contributed by atoms with Crippen molar-refractivity contribution < 1.29 is 14.4 Å². The number of anilines is 1. The van der Waals surface area contributed by atoms with Crippen molar-refractivity contribution in [1.82, 2.24) is 0 Å². The van der Waals surface area contributed by atoms with E-state index in [1.165, 1.54) is 12.1 Å². The fraction of sp³-hybridized carbons (Fsp3) is 0.222. The predicted octanol–water partition coefficient (Wildman–Crippen LogP) is -0.363. The second-order valence-electron chi connectivity index (χ2n) is 2.84. The summed E-state index contributed by atoms with van der Waals surface area (Å²) in [6.07, 6.45) is 0. The van der Waals surface area contributed by atoms with Gasteiger partial charge in [0.2, 0.25) is 5.91 Å². The number of nitrogen functional groups attached to an aromatic ring is 1. The Morgan fingerprint density at radius 1 is 1.33 bits per heavy atom. The zero-order chi connectivity index (χ0) is 11.3. The largest absolute Gasteiger partial charge is 0.489 e. The van der Waals surface area contributed by atoms with Crippen LogP contribution < -0.4 is 22.1 Å². The molecule has 1 rings (SSSR count). The molecule has 1 aromatic rings. The van der Waals surface area contributed by atoms with Gasteiger partial charge in [0.05, 0.1) is 5.69 Å². The highest BCUT2D eigenvalue weighted by Gasteiger charge is 2.05. The van der Waals surface area contributed by atoms with Crippen molar-refractivity contribution >= 4 is 11.6 Å². The molecule has 6 nitrogen and oxygen atoms in total. The maximum Gasteiger partial charge on any atom is 0.248 e. The van der Waals surface area contributed by atoms with E-state index < -0.39 is 5.91 Å². The zero-order valence-corrected chi connectivity index (χ0v) is 8.10. The number of carbonyl (C=O) groups is 1. The van der Waals surface area contributed by atoms with Gasteiger partial charge in [-0.2, -0.15) is 0 Å². The molecule has 0 bridgehead atoms. The number of primary amides is 1. The fourth-order valence-electron chi connectivity index (χ4n) is 1.03. The van der Waals surface area contributed by atoms with Crippen molar-refractivity contribution in [3.8, 4) is 5.75 Å². The van der Waals surface area contributed by atoms with Crippen LogP contribution in [0.25, 0.3) is 0 Å². The number of carbonyl (C=O) groups excluding carboxylic acids is 1. The molecule has 82 valence electrons. The van der Waals surface area contributed by atoms with E-state index in [0.29, 0.717) is 17.0 Å². The monoisotopic (exact) mass is 211 g/mol. The van der Waals surface area contributed by atoms with Crippen molar-refractivity contribution in [2.24, 2.45) is 11.6 Å². The molecule has 1 amide bonds. The molecule has 0 aromatic heterocycles. The number of benzene rings is 1. The minimum atomic E-state index is -0.529. The van der Waals surface area contributed by atoms with Crippen molar-refractivity contribution in [2.75, 3.05) is 18.9 Å². The summed E-state index contributed by atoms with van der Waals surface area (Å²) < 4.78 is 5.23. The van der Waals surface area contributed by atoms with E-state index in [0.717, 1.165) is 0 Å². The molecule has 0 saturated carbocycles. The van der Waals surface area contributed by atoms with Crippen LogP contribution in [0.15, 0.2) is 18.2 Å². The molecule has 0 radical (unpaired) electrons. The third-order valence-electron chi connectivity index (χ3n) is 1.75. The third-order valence-corrected chi connectivity index (χ3v) is 1.75. The van der Waals surface area contributed by atoms with Gasteiger partial charge in [-0.15, -0.1) is 0 Å². The third kappa shape index (κ3) is 3.12. The smallest absolute Gasteiger partial charge is 0.248 e. The van der Waals surface area contributed by atoms with E-state index in [4.69, 9.17) is 22.1 Å². The van der Waals surface area contributed by atoms with Gasteiger partial charge in [0.1, 0.15) is 19.0 Å². The molecule has 6 N–H and O–H groups in total. The Bertz CT molecular complexity index is 354. The van der Waals surface area contributed by atoms with Crippen molar-refractivity contribution in [1.29, 1.82) is 0 Å².